The molecule has 0 fully saturated rings. The molecule has 0 radical (unpaired) electrons. The standard InChI is InChI=1S/C19H25NO6/c1-20(10-15(22)18(25)19(26)16(23)11-21)17(24)9-13-7-4-6-12-5-2-3-8-14(12)13/h2-8,15-16,18-19,21-23,25-26H,9-11H2,1H3. The van der Waals surface area contributed by atoms with Gasteiger partial charge in [-0.2, -0.15) is 0 Å². The molecule has 0 saturated heterocycles. The Labute approximate surface area is 151 Å². The fourth-order valence-corrected chi connectivity index (χ4v) is 2.80. The average Bonchev–Trinajstić information content (AvgIpc) is 2.66. The minimum absolute atomic E-state index is 0.127. The number of amides is 1. The quantitative estimate of drug-likeness (QED) is 0.422. The smallest absolute Gasteiger partial charge is 0.226 e. The van der Waals surface area contributed by atoms with Gasteiger partial charge in [0.15, 0.2) is 0 Å². The van der Waals surface area contributed by atoms with Crippen molar-refractivity contribution in [1.82, 2.24) is 4.90 Å². The summed E-state index contributed by atoms with van der Waals surface area (Å²) in [5.74, 6) is -0.259. The molecule has 2 aromatic rings. The van der Waals surface area contributed by atoms with Crippen LogP contribution in [0.4, 0.5) is 0 Å². The highest BCUT2D eigenvalue weighted by atomic mass is 16.4. The van der Waals surface area contributed by atoms with Crippen LogP contribution in [0.5, 0.6) is 0 Å². The molecule has 0 bridgehead atoms. The number of fused-ring (bicyclic) bond motifs is 1. The molecule has 4 unspecified atom stereocenters. The van der Waals surface area contributed by atoms with Crippen LogP contribution in [0, 0.1) is 0 Å². The molecule has 1 amide bonds. The van der Waals surface area contributed by atoms with Crippen LogP contribution in [0.3, 0.4) is 0 Å². The van der Waals surface area contributed by atoms with Gasteiger partial charge in [-0.1, -0.05) is 42.5 Å². The van der Waals surface area contributed by atoms with Crippen LogP contribution >= 0.6 is 0 Å². The zero-order valence-electron chi connectivity index (χ0n) is 14.6. The highest BCUT2D eigenvalue weighted by Crippen LogP contribution is 2.19. The number of benzene rings is 2. The third-order valence-corrected chi connectivity index (χ3v) is 4.43. The molecule has 2 rings (SSSR count). The summed E-state index contributed by atoms with van der Waals surface area (Å²) in [6.45, 7) is -0.971. The Morgan fingerprint density at radius 2 is 1.58 bits per heavy atom. The van der Waals surface area contributed by atoms with Gasteiger partial charge in [-0.25, -0.2) is 0 Å². The van der Waals surface area contributed by atoms with E-state index in [4.69, 9.17) is 5.11 Å². The van der Waals surface area contributed by atoms with Crippen LogP contribution in [-0.4, -0.2) is 81.0 Å². The predicted molar refractivity (Wildman–Crippen MR) is 96.4 cm³/mol. The first-order chi connectivity index (χ1) is 12.3. The van der Waals surface area contributed by atoms with Crippen LogP contribution in [0.25, 0.3) is 10.8 Å². The van der Waals surface area contributed by atoms with Gasteiger partial charge in [0, 0.05) is 13.6 Å². The Bertz CT molecular complexity index is 732. The fourth-order valence-electron chi connectivity index (χ4n) is 2.80. The normalized spacial score (nSPS) is 16.1. The second-order valence-electron chi connectivity index (χ2n) is 6.39. The molecule has 0 aliphatic heterocycles. The molecule has 7 heteroatoms. The second kappa shape index (κ2) is 9.07. The highest BCUT2D eigenvalue weighted by Gasteiger charge is 2.31. The maximum absolute atomic E-state index is 12.5. The third-order valence-electron chi connectivity index (χ3n) is 4.43. The Hall–Kier alpha value is -2.03. The van der Waals surface area contributed by atoms with Crippen molar-refractivity contribution < 1.29 is 30.3 Å². The molecule has 0 spiro atoms. The predicted octanol–water partition coefficient (Wildman–Crippen LogP) is -0.723. The van der Waals surface area contributed by atoms with E-state index in [2.05, 4.69) is 0 Å². The van der Waals surface area contributed by atoms with E-state index in [0.717, 1.165) is 16.3 Å². The fraction of sp³-hybridized carbons (Fsp3) is 0.421. The van der Waals surface area contributed by atoms with E-state index in [0.29, 0.717) is 0 Å². The molecule has 0 aliphatic rings. The van der Waals surface area contributed by atoms with Crippen molar-refractivity contribution >= 4 is 16.7 Å². The number of hydrogen-bond donors (Lipinski definition) is 5. The minimum Gasteiger partial charge on any atom is -0.394 e. The summed E-state index contributed by atoms with van der Waals surface area (Å²) in [5.41, 5.74) is 0.853. The number of nitrogens with zero attached hydrogens (tertiary/aromatic N) is 1. The lowest BCUT2D eigenvalue weighted by Crippen LogP contribution is -2.50. The molecule has 0 aromatic heterocycles. The van der Waals surface area contributed by atoms with Crippen molar-refractivity contribution in [2.45, 2.75) is 30.8 Å². The lowest BCUT2D eigenvalue weighted by atomic mass is 10.0. The van der Waals surface area contributed by atoms with Crippen molar-refractivity contribution in [3.05, 3.63) is 48.0 Å². The number of likely N-dealkylation sites (N-methyl/N-ethyl adjacent to an activating group) is 1. The van der Waals surface area contributed by atoms with E-state index >= 15 is 0 Å². The van der Waals surface area contributed by atoms with Gasteiger partial charge < -0.3 is 30.4 Å². The van der Waals surface area contributed by atoms with Gasteiger partial charge in [-0.15, -0.1) is 0 Å². The number of carbonyl (C=O) groups is 1. The number of carbonyl (C=O) groups excluding carboxylic acids is 1. The molecule has 142 valence electrons. The zero-order valence-corrected chi connectivity index (χ0v) is 14.6. The monoisotopic (exact) mass is 363 g/mol. The SMILES string of the molecule is CN(CC(O)C(O)C(O)C(O)CO)C(=O)Cc1cccc2ccccc12. The van der Waals surface area contributed by atoms with E-state index in [1.165, 1.54) is 11.9 Å². The molecule has 4 atom stereocenters. The van der Waals surface area contributed by atoms with Crippen molar-refractivity contribution in [2.24, 2.45) is 0 Å². The lowest BCUT2D eigenvalue weighted by Gasteiger charge is -2.28. The first-order valence-electron chi connectivity index (χ1n) is 8.39. The first kappa shape index (κ1) is 20.3. The summed E-state index contributed by atoms with van der Waals surface area (Å²) in [4.78, 5) is 13.7. The van der Waals surface area contributed by atoms with Crippen LogP contribution in [0.1, 0.15) is 5.56 Å². The summed E-state index contributed by atoms with van der Waals surface area (Å²) < 4.78 is 0. The Morgan fingerprint density at radius 1 is 0.962 bits per heavy atom. The van der Waals surface area contributed by atoms with Crippen LogP contribution in [0.15, 0.2) is 42.5 Å². The van der Waals surface area contributed by atoms with E-state index < -0.39 is 31.0 Å². The van der Waals surface area contributed by atoms with E-state index in [1.807, 2.05) is 42.5 Å². The van der Waals surface area contributed by atoms with Gasteiger partial charge in [0.05, 0.1) is 13.0 Å². The Morgan fingerprint density at radius 3 is 2.27 bits per heavy atom. The van der Waals surface area contributed by atoms with Crippen molar-refractivity contribution in [3.8, 4) is 0 Å². The molecule has 0 heterocycles. The van der Waals surface area contributed by atoms with Gasteiger partial charge in [-0.05, 0) is 16.3 Å². The van der Waals surface area contributed by atoms with E-state index in [1.54, 1.807) is 0 Å². The summed E-state index contributed by atoms with van der Waals surface area (Å²) >= 11 is 0. The van der Waals surface area contributed by atoms with Gasteiger partial charge in [0.1, 0.15) is 24.4 Å². The second-order valence-corrected chi connectivity index (χ2v) is 6.39. The first-order valence-corrected chi connectivity index (χ1v) is 8.39. The maximum atomic E-state index is 12.5. The van der Waals surface area contributed by atoms with Gasteiger partial charge >= 0.3 is 0 Å². The number of rotatable bonds is 8. The lowest BCUT2D eigenvalue weighted by molar-refractivity contribution is -0.137. The number of aliphatic hydroxyl groups excluding tert-OH is 5. The largest absolute Gasteiger partial charge is 0.394 e. The molecule has 7 nitrogen and oxygen atoms in total. The van der Waals surface area contributed by atoms with E-state index in [-0.39, 0.29) is 18.9 Å². The average molecular weight is 363 g/mol. The Kier molecular flexibility index (Phi) is 7.07. The third kappa shape index (κ3) is 4.78. The molecule has 26 heavy (non-hydrogen) atoms. The zero-order chi connectivity index (χ0) is 19.3. The van der Waals surface area contributed by atoms with Gasteiger partial charge in [-0.3, -0.25) is 4.79 Å². The van der Waals surface area contributed by atoms with Crippen LogP contribution < -0.4 is 0 Å². The maximum Gasteiger partial charge on any atom is 0.226 e. The van der Waals surface area contributed by atoms with Crippen molar-refractivity contribution in [1.29, 1.82) is 0 Å². The molecule has 5 N–H and O–H groups in total. The number of aliphatic hydroxyl groups is 5. The highest BCUT2D eigenvalue weighted by molar-refractivity contribution is 5.90. The van der Waals surface area contributed by atoms with Crippen molar-refractivity contribution in [2.75, 3.05) is 20.2 Å². The summed E-state index contributed by atoms with van der Waals surface area (Å²) in [7, 11) is 1.48. The topological polar surface area (TPSA) is 121 Å². The Balaban J connectivity index is 2.01. The van der Waals surface area contributed by atoms with Gasteiger partial charge in [0.2, 0.25) is 5.91 Å². The van der Waals surface area contributed by atoms with Crippen molar-refractivity contribution in [3.63, 3.8) is 0 Å². The summed E-state index contributed by atoms with van der Waals surface area (Å²) in [6, 6.07) is 13.4. The molecular formula is C19H25NO6. The van der Waals surface area contributed by atoms with Crippen LogP contribution in [0.2, 0.25) is 0 Å². The summed E-state index contributed by atoms with van der Waals surface area (Å²) in [5, 5.41) is 49.6. The van der Waals surface area contributed by atoms with Crippen LogP contribution in [-0.2, 0) is 11.2 Å². The minimum atomic E-state index is -1.71. The summed E-state index contributed by atoms with van der Waals surface area (Å²) in [6.07, 6.45) is -6.31. The number of hydrogen-bond acceptors (Lipinski definition) is 6. The molecular weight excluding hydrogens is 338 g/mol. The van der Waals surface area contributed by atoms with E-state index in [9.17, 15) is 25.2 Å². The molecule has 0 aliphatic carbocycles. The van der Waals surface area contributed by atoms with Gasteiger partial charge in [0.25, 0.3) is 0 Å². The molecule has 2 aromatic carbocycles. The molecule has 0 saturated carbocycles.